The van der Waals surface area contributed by atoms with Gasteiger partial charge in [-0.25, -0.2) is 4.98 Å². The average molecular weight is 295 g/mol. The van der Waals surface area contributed by atoms with Gasteiger partial charge >= 0.3 is 0 Å². The fourth-order valence-corrected chi connectivity index (χ4v) is 3.57. The largest absolute Gasteiger partial charge is 0.393 e. The van der Waals surface area contributed by atoms with Crippen molar-refractivity contribution in [1.82, 2.24) is 14.9 Å². The summed E-state index contributed by atoms with van der Waals surface area (Å²) >= 11 is 1.53. The number of nitrogens with one attached hydrogen (secondary N) is 1. The van der Waals surface area contributed by atoms with E-state index in [1.54, 1.807) is 4.57 Å². The van der Waals surface area contributed by atoms with Gasteiger partial charge in [0.05, 0.1) is 6.10 Å². The van der Waals surface area contributed by atoms with Crippen LogP contribution in [0.15, 0.2) is 16.1 Å². The van der Waals surface area contributed by atoms with Crippen LogP contribution in [0.2, 0.25) is 0 Å². The molecule has 7 heteroatoms. The number of fused-ring (bicyclic) bond motifs is 1. The highest BCUT2D eigenvalue weighted by Gasteiger charge is 2.24. The number of carbonyl (C=O) groups is 1. The lowest BCUT2D eigenvalue weighted by molar-refractivity contribution is 0.0865. The number of aliphatic hydroxyl groups is 1. The summed E-state index contributed by atoms with van der Waals surface area (Å²) in [7, 11) is 0. The topological polar surface area (TPSA) is 84.2 Å². The van der Waals surface area contributed by atoms with Crippen LogP contribution >= 0.6 is 11.8 Å². The van der Waals surface area contributed by atoms with Crippen molar-refractivity contribution in [2.45, 2.75) is 49.5 Å². The maximum atomic E-state index is 12.2. The zero-order valence-corrected chi connectivity index (χ0v) is 11.9. The molecule has 1 fully saturated rings. The van der Waals surface area contributed by atoms with Crippen LogP contribution < -0.4 is 10.9 Å². The minimum absolute atomic E-state index is 0.0397. The number of carbonyl (C=O) groups excluding carboxylic acids is 1. The monoisotopic (exact) mass is 295 g/mol. The summed E-state index contributed by atoms with van der Waals surface area (Å²) in [4.78, 5) is 28.6. The number of thioether (sulfide) groups is 1. The molecule has 6 nitrogen and oxygen atoms in total. The van der Waals surface area contributed by atoms with E-state index >= 15 is 0 Å². The Morgan fingerprint density at radius 1 is 1.40 bits per heavy atom. The van der Waals surface area contributed by atoms with Crippen molar-refractivity contribution < 1.29 is 9.90 Å². The Kier molecular flexibility index (Phi) is 3.80. The second-order valence-electron chi connectivity index (χ2n) is 5.24. The van der Waals surface area contributed by atoms with Crippen LogP contribution in [-0.2, 0) is 6.54 Å². The summed E-state index contributed by atoms with van der Waals surface area (Å²) < 4.78 is 1.56. The summed E-state index contributed by atoms with van der Waals surface area (Å²) in [6, 6.07) is 0.0397. The molecule has 0 saturated heterocycles. The van der Waals surface area contributed by atoms with Crippen LogP contribution in [0.25, 0.3) is 0 Å². The molecule has 0 atom stereocenters. The van der Waals surface area contributed by atoms with Crippen LogP contribution in [0.4, 0.5) is 0 Å². The molecule has 2 heterocycles. The highest BCUT2D eigenvalue weighted by atomic mass is 32.2. The Morgan fingerprint density at radius 2 is 2.15 bits per heavy atom. The molecule has 3 rings (SSSR count). The molecule has 1 saturated carbocycles. The van der Waals surface area contributed by atoms with Crippen molar-refractivity contribution in [3.8, 4) is 0 Å². The van der Waals surface area contributed by atoms with Crippen molar-refractivity contribution in [3.05, 3.63) is 22.1 Å². The Hall–Kier alpha value is -1.34. The quantitative estimate of drug-likeness (QED) is 0.771. The van der Waals surface area contributed by atoms with E-state index in [0.717, 1.165) is 18.6 Å². The lowest BCUT2D eigenvalue weighted by Crippen LogP contribution is -2.41. The molecule has 0 aromatic carbocycles. The second-order valence-corrected chi connectivity index (χ2v) is 6.30. The number of amides is 1. The molecular formula is C13H17N3O3S. The highest BCUT2D eigenvalue weighted by Crippen LogP contribution is 2.21. The molecular weight excluding hydrogens is 278 g/mol. The van der Waals surface area contributed by atoms with E-state index < -0.39 is 0 Å². The average Bonchev–Trinajstić information content (AvgIpc) is 2.91. The van der Waals surface area contributed by atoms with Gasteiger partial charge in [0.1, 0.15) is 5.56 Å². The second kappa shape index (κ2) is 5.57. The van der Waals surface area contributed by atoms with Crippen molar-refractivity contribution in [1.29, 1.82) is 0 Å². The van der Waals surface area contributed by atoms with Crippen molar-refractivity contribution in [2.75, 3.05) is 5.75 Å². The summed E-state index contributed by atoms with van der Waals surface area (Å²) in [5.41, 5.74) is -0.143. The number of hydrogen-bond donors (Lipinski definition) is 2. The van der Waals surface area contributed by atoms with Crippen molar-refractivity contribution >= 4 is 17.7 Å². The molecule has 0 radical (unpaired) electrons. The molecule has 0 unspecified atom stereocenters. The van der Waals surface area contributed by atoms with Gasteiger partial charge in [-0.2, -0.15) is 0 Å². The predicted octanol–water partition coefficient (Wildman–Crippen LogP) is 0.382. The smallest absolute Gasteiger partial charge is 0.267 e. The molecule has 1 aliphatic carbocycles. The van der Waals surface area contributed by atoms with Gasteiger partial charge in [-0.1, -0.05) is 11.8 Å². The molecule has 2 N–H and O–H groups in total. The first-order chi connectivity index (χ1) is 9.65. The first-order valence-electron chi connectivity index (χ1n) is 6.86. The van der Waals surface area contributed by atoms with Crippen molar-refractivity contribution in [2.24, 2.45) is 0 Å². The van der Waals surface area contributed by atoms with E-state index in [-0.39, 0.29) is 29.2 Å². The van der Waals surface area contributed by atoms with Crippen molar-refractivity contribution in [3.63, 3.8) is 0 Å². The summed E-state index contributed by atoms with van der Waals surface area (Å²) in [5.74, 6) is 0.476. The Labute approximate surface area is 120 Å². The van der Waals surface area contributed by atoms with E-state index in [1.807, 2.05) is 0 Å². The third-order valence-electron chi connectivity index (χ3n) is 3.83. The van der Waals surface area contributed by atoms with Gasteiger partial charge in [0.25, 0.3) is 11.5 Å². The third kappa shape index (κ3) is 2.60. The van der Waals surface area contributed by atoms with Crippen LogP contribution in [0.3, 0.4) is 0 Å². The predicted molar refractivity (Wildman–Crippen MR) is 75.0 cm³/mol. The molecule has 0 bridgehead atoms. The Morgan fingerprint density at radius 3 is 2.90 bits per heavy atom. The molecule has 1 aromatic rings. The van der Waals surface area contributed by atoms with Gasteiger partial charge in [0.15, 0.2) is 5.16 Å². The number of aromatic nitrogens is 2. The molecule has 1 aromatic heterocycles. The maximum absolute atomic E-state index is 12.2. The van der Waals surface area contributed by atoms with Gasteiger partial charge in [-0.05, 0) is 25.7 Å². The SMILES string of the molecule is O=C(NC1CCC(O)CC1)c1cnc2n(c1=O)CCS2. The molecule has 108 valence electrons. The Balaban J connectivity index is 1.73. The lowest BCUT2D eigenvalue weighted by atomic mass is 9.93. The molecule has 0 spiro atoms. The van der Waals surface area contributed by atoms with E-state index in [0.29, 0.717) is 24.5 Å². The number of hydrogen-bond acceptors (Lipinski definition) is 5. The molecule has 2 aliphatic rings. The molecule has 20 heavy (non-hydrogen) atoms. The van der Waals surface area contributed by atoms with Crippen LogP contribution in [0.5, 0.6) is 0 Å². The Bertz CT molecular complexity index is 579. The summed E-state index contributed by atoms with van der Waals surface area (Å²) in [6.07, 6.45) is 4.02. The van der Waals surface area contributed by atoms with E-state index in [4.69, 9.17) is 0 Å². The normalized spacial score (nSPS) is 25.2. The van der Waals surface area contributed by atoms with E-state index in [1.165, 1.54) is 18.0 Å². The van der Waals surface area contributed by atoms with Gasteiger partial charge in [0, 0.05) is 24.5 Å². The van der Waals surface area contributed by atoms with Crippen LogP contribution in [0.1, 0.15) is 36.0 Å². The highest BCUT2D eigenvalue weighted by molar-refractivity contribution is 7.99. The van der Waals surface area contributed by atoms with Crippen LogP contribution in [-0.4, -0.2) is 38.5 Å². The first-order valence-corrected chi connectivity index (χ1v) is 7.85. The maximum Gasteiger partial charge on any atom is 0.267 e. The summed E-state index contributed by atoms with van der Waals surface area (Å²) in [5, 5.41) is 13.0. The first kappa shape index (κ1) is 13.6. The van der Waals surface area contributed by atoms with E-state index in [2.05, 4.69) is 10.3 Å². The fourth-order valence-electron chi connectivity index (χ4n) is 2.66. The van der Waals surface area contributed by atoms with Crippen LogP contribution in [0, 0.1) is 0 Å². The zero-order chi connectivity index (χ0) is 14.1. The number of aliphatic hydroxyl groups excluding tert-OH is 1. The molecule has 1 aliphatic heterocycles. The van der Waals surface area contributed by atoms with Gasteiger partial charge in [-0.15, -0.1) is 0 Å². The summed E-state index contributed by atoms with van der Waals surface area (Å²) in [6.45, 7) is 0.614. The third-order valence-corrected chi connectivity index (χ3v) is 4.80. The lowest BCUT2D eigenvalue weighted by Gasteiger charge is -2.26. The fraction of sp³-hybridized carbons (Fsp3) is 0.615. The zero-order valence-electron chi connectivity index (χ0n) is 11.0. The van der Waals surface area contributed by atoms with Gasteiger partial charge in [-0.3, -0.25) is 14.2 Å². The van der Waals surface area contributed by atoms with Gasteiger partial charge in [0.2, 0.25) is 0 Å². The minimum atomic E-state index is -0.351. The number of rotatable bonds is 2. The molecule has 1 amide bonds. The number of nitrogens with zero attached hydrogens (tertiary/aromatic N) is 2. The minimum Gasteiger partial charge on any atom is -0.393 e. The standard InChI is InChI=1S/C13H17N3O3S/c17-9-3-1-8(2-4-9)15-11(18)10-7-14-13-16(12(10)19)5-6-20-13/h7-9,17H,1-6H2,(H,15,18). The van der Waals surface area contributed by atoms with Gasteiger partial charge < -0.3 is 10.4 Å². The van der Waals surface area contributed by atoms with E-state index in [9.17, 15) is 14.7 Å².